The lowest BCUT2D eigenvalue weighted by atomic mass is 9.77. The lowest BCUT2D eigenvalue weighted by Gasteiger charge is -2.38. The molecule has 1 unspecified atom stereocenters. The third kappa shape index (κ3) is 2.81. The van der Waals surface area contributed by atoms with Crippen molar-refractivity contribution in [3.8, 4) is 0 Å². The number of fused-ring (bicyclic) bond motifs is 1. The fourth-order valence-electron chi connectivity index (χ4n) is 3.35. The quantitative estimate of drug-likeness (QED) is 0.892. The van der Waals surface area contributed by atoms with E-state index in [0.717, 1.165) is 31.4 Å². The molecule has 0 saturated heterocycles. The minimum absolute atomic E-state index is 0.127. The van der Waals surface area contributed by atoms with Gasteiger partial charge < -0.3 is 10.4 Å². The van der Waals surface area contributed by atoms with Crippen LogP contribution in [0.5, 0.6) is 0 Å². The highest BCUT2D eigenvalue weighted by atomic mass is 16.3. The molecule has 0 saturated carbocycles. The Balaban J connectivity index is 1.80. The first-order chi connectivity index (χ1) is 10.6. The largest absolute Gasteiger partial charge is 0.394 e. The van der Waals surface area contributed by atoms with Gasteiger partial charge in [0.05, 0.1) is 18.3 Å². The van der Waals surface area contributed by atoms with E-state index >= 15 is 0 Å². The van der Waals surface area contributed by atoms with Crippen LogP contribution in [-0.4, -0.2) is 21.5 Å². The summed E-state index contributed by atoms with van der Waals surface area (Å²) in [5, 5.41) is 18.1. The van der Waals surface area contributed by atoms with Crippen LogP contribution in [0.4, 0.5) is 0 Å². The van der Waals surface area contributed by atoms with Crippen LogP contribution in [0.15, 0.2) is 36.7 Å². The number of aryl methyl sites for hydroxylation is 1. The Bertz CT molecular complexity index is 635. The number of nitrogens with zero attached hydrogens (tertiary/aromatic N) is 2. The maximum atomic E-state index is 10.1. The Labute approximate surface area is 132 Å². The summed E-state index contributed by atoms with van der Waals surface area (Å²) in [5.74, 6) is 0. The molecule has 0 aliphatic heterocycles. The molecule has 2 N–H and O–H groups in total. The fraction of sp³-hybridized carbons (Fsp3) is 0.500. The minimum atomic E-state index is -0.325. The Hall–Kier alpha value is -1.65. The lowest BCUT2D eigenvalue weighted by Crippen LogP contribution is -2.47. The fourth-order valence-corrected chi connectivity index (χ4v) is 3.35. The van der Waals surface area contributed by atoms with Crippen molar-refractivity contribution in [2.45, 2.75) is 51.2 Å². The lowest BCUT2D eigenvalue weighted by molar-refractivity contribution is 0.140. The summed E-state index contributed by atoms with van der Waals surface area (Å²) in [6.07, 6.45) is 7.17. The van der Waals surface area contributed by atoms with Gasteiger partial charge >= 0.3 is 0 Å². The maximum Gasteiger partial charge on any atom is 0.0674 e. The van der Waals surface area contributed by atoms with Gasteiger partial charge in [-0.2, -0.15) is 5.10 Å². The zero-order valence-electron chi connectivity index (χ0n) is 13.4. The molecule has 1 aromatic carbocycles. The highest BCUT2D eigenvalue weighted by Gasteiger charge is 2.35. The van der Waals surface area contributed by atoms with Gasteiger partial charge in [-0.05, 0) is 44.2 Å². The third-order valence-corrected chi connectivity index (χ3v) is 4.67. The van der Waals surface area contributed by atoms with E-state index in [9.17, 15) is 5.11 Å². The molecule has 4 heteroatoms. The second kappa shape index (κ2) is 6.23. The van der Waals surface area contributed by atoms with Gasteiger partial charge in [0.15, 0.2) is 0 Å². The van der Waals surface area contributed by atoms with E-state index in [-0.39, 0.29) is 12.1 Å². The molecule has 3 rings (SSSR count). The molecule has 22 heavy (non-hydrogen) atoms. The topological polar surface area (TPSA) is 50.1 Å². The molecule has 0 amide bonds. The van der Waals surface area contributed by atoms with Crippen molar-refractivity contribution in [3.05, 3.63) is 53.3 Å². The van der Waals surface area contributed by atoms with Crippen LogP contribution in [-0.2, 0) is 18.5 Å². The zero-order valence-corrected chi connectivity index (χ0v) is 13.4. The summed E-state index contributed by atoms with van der Waals surface area (Å²) in [5.41, 5.74) is 3.44. The highest BCUT2D eigenvalue weighted by molar-refractivity contribution is 5.36. The van der Waals surface area contributed by atoms with Gasteiger partial charge in [0, 0.05) is 24.3 Å². The Morgan fingerprint density at radius 3 is 2.91 bits per heavy atom. The smallest absolute Gasteiger partial charge is 0.0674 e. The number of benzene rings is 1. The second-order valence-electron chi connectivity index (χ2n) is 6.53. The molecule has 0 radical (unpaired) electrons. The monoisotopic (exact) mass is 299 g/mol. The number of hydrogen-bond acceptors (Lipinski definition) is 3. The highest BCUT2D eigenvalue weighted by Crippen LogP contribution is 2.35. The van der Waals surface area contributed by atoms with Crippen molar-refractivity contribution in [1.29, 1.82) is 0 Å². The predicted octanol–water partition coefficient (Wildman–Crippen LogP) is 2.78. The number of aliphatic hydroxyl groups is 1. The average molecular weight is 299 g/mol. The molecule has 2 aromatic rings. The van der Waals surface area contributed by atoms with Crippen LogP contribution in [0.3, 0.4) is 0 Å². The normalized spacial score (nSPS) is 21.1. The van der Waals surface area contributed by atoms with Gasteiger partial charge in [0.25, 0.3) is 0 Å². The average Bonchev–Trinajstić information content (AvgIpc) is 3.02. The van der Waals surface area contributed by atoms with Crippen molar-refractivity contribution in [1.82, 2.24) is 15.1 Å². The summed E-state index contributed by atoms with van der Waals surface area (Å²) in [7, 11) is 0. The first-order valence-electron chi connectivity index (χ1n) is 8.12. The summed E-state index contributed by atoms with van der Waals surface area (Å²) >= 11 is 0. The summed E-state index contributed by atoms with van der Waals surface area (Å²) < 4.78 is 1.97. The van der Waals surface area contributed by atoms with Crippen molar-refractivity contribution in [2.75, 3.05) is 6.61 Å². The van der Waals surface area contributed by atoms with Crippen LogP contribution < -0.4 is 5.32 Å². The van der Waals surface area contributed by atoms with E-state index < -0.39 is 0 Å². The third-order valence-electron chi connectivity index (χ3n) is 4.67. The number of aliphatic hydroxyl groups excluding tert-OH is 1. The maximum absolute atomic E-state index is 10.1. The standard InChI is InChI=1S/C18H25N3O/c1-14(2)21-12-15(11-20-21)10-19-18(13-22)9-5-7-16-6-3-4-8-17(16)18/h3-4,6,8,11-12,14,19,22H,5,7,9-10,13H2,1-2H3. The van der Waals surface area contributed by atoms with E-state index in [1.54, 1.807) is 0 Å². The summed E-state index contributed by atoms with van der Waals surface area (Å²) in [6, 6.07) is 8.84. The number of rotatable bonds is 5. The van der Waals surface area contributed by atoms with Crippen LogP contribution in [0.25, 0.3) is 0 Å². The first kappa shape index (κ1) is 15.3. The van der Waals surface area contributed by atoms with Crippen molar-refractivity contribution < 1.29 is 5.11 Å². The molecule has 1 aliphatic rings. The van der Waals surface area contributed by atoms with Gasteiger partial charge in [0.2, 0.25) is 0 Å². The first-order valence-corrected chi connectivity index (χ1v) is 8.12. The molecule has 4 nitrogen and oxygen atoms in total. The Morgan fingerprint density at radius 1 is 1.36 bits per heavy atom. The molecule has 0 spiro atoms. The zero-order chi connectivity index (χ0) is 15.6. The molecule has 118 valence electrons. The summed E-state index contributed by atoms with van der Waals surface area (Å²) in [4.78, 5) is 0. The Morgan fingerprint density at radius 2 is 2.18 bits per heavy atom. The molecule has 0 bridgehead atoms. The Kier molecular flexibility index (Phi) is 4.32. The van der Waals surface area contributed by atoms with Gasteiger partial charge in [0.1, 0.15) is 0 Å². The predicted molar refractivity (Wildman–Crippen MR) is 87.6 cm³/mol. The van der Waals surface area contributed by atoms with Crippen LogP contribution in [0.1, 0.15) is 49.4 Å². The van der Waals surface area contributed by atoms with Gasteiger partial charge in [-0.15, -0.1) is 0 Å². The minimum Gasteiger partial charge on any atom is -0.394 e. The van der Waals surface area contributed by atoms with Crippen molar-refractivity contribution in [2.24, 2.45) is 0 Å². The molecule has 1 aliphatic carbocycles. The number of nitrogens with one attached hydrogen (secondary N) is 1. The van der Waals surface area contributed by atoms with E-state index in [1.807, 2.05) is 10.9 Å². The molecule has 1 atom stereocenters. The molecule has 0 fully saturated rings. The van der Waals surface area contributed by atoms with E-state index in [2.05, 4.69) is 54.7 Å². The number of aromatic nitrogens is 2. The van der Waals surface area contributed by atoms with Gasteiger partial charge in [-0.25, -0.2) is 0 Å². The van der Waals surface area contributed by atoms with E-state index in [1.165, 1.54) is 11.1 Å². The van der Waals surface area contributed by atoms with E-state index in [4.69, 9.17) is 0 Å². The molecular formula is C18H25N3O. The second-order valence-corrected chi connectivity index (χ2v) is 6.53. The van der Waals surface area contributed by atoms with E-state index in [0.29, 0.717) is 6.04 Å². The SMILES string of the molecule is CC(C)n1cc(CNC2(CO)CCCc3ccccc32)cn1. The van der Waals surface area contributed by atoms with Gasteiger partial charge in [-0.3, -0.25) is 4.68 Å². The van der Waals surface area contributed by atoms with Crippen LogP contribution in [0, 0.1) is 0 Å². The molecular weight excluding hydrogens is 274 g/mol. The van der Waals surface area contributed by atoms with Gasteiger partial charge in [-0.1, -0.05) is 24.3 Å². The van der Waals surface area contributed by atoms with Crippen molar-refractivity contribution in [3.63, 3.8) is 0 Å². The number of hydrogen-bond donors (Lipinski definition) is 2. The van der Waals surface area contributed by atoms with Crippen LogP contribution in [0.2, 0.25) is 0 Å². The van der Waals surface area contributed by atoms with Crippen molar-refractivity contribution >= 4 is 0 Å². The molecule has 1 heterocycles. The summed E-state index contributed by atoms with van der Waals surface area (Å²) in [6.45, 7) is 5.09. The molecule has 1 aromatic heterocycles. The van der Waals surface area contributed by atoms with Crippen LogP contribution >= 0.6 is 0 Å².